The third kappa shape index (κ3) is 8.73. The van der Waals surface area contributed by atoms with Crippen LogP contribution in [0.1, 0.15) is 13.8 Å². The minimum absolute atomic E-state index is 0. The molecule has 18 heteroatoms. The van der Waals surface area contributed by atoms with E-state index in [1.165, 1.54) is 13.8 Å². The van der Waals surface area contributed by atoms with Crippen LogP contribution in [0.25, 0.3) is 0 Å². The van der Waals surface area contributed by atoms with Crippen LogP contribution >= 0.6 is 0 Å². The second-order valence-electron chi connectivity index (χ2n) is 6.87. The van der Waals surface area contributed by atoms with E-state index < -0.39 is 79.6 Å². The van der Waals surface area contributed by atoms with Crippen molar-refractivity contribution in [3.63, 3.8) is 0 Å². The van der Waals surface area contributed by atoms with Gasteiger partial charge in [-0.3, -0.25) is 4.79 Å². The van der Waals surface area contributed by atoms with Gasteiger partial charge in [0.05, 0.1) is 24.7 Å². The molecule has 15 nitrogen and oxygen atoms in total. The molecule has 0 aromatic carbocycles. The van der Waals surface area contributed by atoms with Gasteiger partial charge in [-0.15, -0.1) is 0 Å². The number of nitrogens with one attached hydrogen (secondary N) is 1. The van der Waals surface area contributed by atoms with Crippen LogP contribution in [0.4, 0.5) is 0 Å². The molecule has 2 saturated heterocycles. The van der Waals surface area contributed by atoms with Gasteiger partial charge in [0.25, 0.3) is 0 Å². The third-order valence-electron chi connectivity index (χ3n) is 4.79. The molecule has 0 spiro atoms. The van der Waals surface area contributed by atoms with E-state index in [0.717, 1.165) is 0 Å². The maximum atomic E-state index is 11.7. The fourth-order valence-corrected chi connectivity index (χ4v) is 3.39. The Bertz CT molecular complexity index is 623. The van der Waals surface area contributed by atoms with Crippen LogP contribution in [-0.4, -0.2) is 100 Å². The monoisotopic (exact) mass is 519 g/mol. The molecule has 0 radical (unpaired) electrons. The van der Waals surface area contributed by atoms with Crippen molar-refractivity contribution >= 4 is 24.8 Å². The first kappa shape index (κ1) is 33.8. The molecule has 4 unspecified atom stereocenters. The van der Waals surface area contributed by atoms with Crippen LogP contribution in [0, 0.1) is 0 Å². The van der Waals surface area contributed by atoms with Gasteiger partial charge in [-0.1, -0.05) is 5.04 Å². The van der Waals surface area contributed by atoms with E-state index in [1.807, 2.05) is 0 Å². The summed E-state index contributed by atoms with van der Waals surface area (Å²) in [4.78, 5) is 27.8. The molecule has 0 aliphatic carbocycles. The predicted octanol–water partition coefficient (Wildman–Crippen LogP) is -11.1. The Kier molecular flexibility index (Phi) is 16.3. The summed E-state index contributed by atoms with van der Waals surface area (Å²) in [7, 11) is 0. The third-order valence-corrected chi connectivity index (χ3v) is 4.84. The van der Waals surface area contributed by atoms with Crippen molar-refractivity contribution in [3.05, 3.63) is 0 Å². The first-order valence-electron chi connectivity index (χ1n) is 9.00. The molecule has 33 heavy (non-hydrogen) atoms. The Hall–Kier alpha value is 0.850. The maximum absolute atomic E-state index is 11.7. The average molecular weight is 519 g/mol. The molecule has 0 aromatic rings. The molecule has 2 heterocycles. The summed E-state index contributed by atoms with van der Waals surface area (Å²) in [5.74, 6) is -2.39. The summed E-state index contributed by atoms with van der Waals surface area (Å²) in [6, 6.07) is -1.01. The molecule has 1 amide bonds. The summed E-state index contributed by atoms with van der Waals surface area (Å²) < 4.78 is 20.1. The topological polar surface area (TPSA) is 215 Å². The van der Waals surface area contributed by atoms with Gasteiger partial charge in [-0.05, 0) is 12.0 Å². The van der Waals surface area contributed by atoms with E-state index in [4.69, 9.17) is 19.1 Å². The number of aliphatic carboxylic acids is 1. The van der Waals surface area contributed by atoms with Crippen LogP contribution in [0.15, 0.2) is 0 Å². The van der Waals surface area contributed by atoms with Crippen molar-refractivity contribution in [1.82, 2.24) is 5.32 Å². The van der Waals surface area contributed by atoms with Gasteiger partial charge in [0.15, 0.2) is 12.4 Å². The minimum atomic E-state index is -2.04. The van der Waals surface area contributed by atoms with Crippen LogP contribution < -0.4 is 69.5 Å². The number of carbonyl (C=O) groups excluding carboxylic acids is 2. The summed E-state index contributed by atoms with van der Waals surface area (Å²) in [5.41, 5.74) is 0. The van der Waals surface area contributed by atoms with E-state index in [9.17, 15) is 35.1 Å². The first-order valence-corrected chi connectivity index (χ1v) is 9.33. The second kappa shape index (κ2) is 15.9. The molecule has 2 rings (SSSR count). The number of carboxylic acids is 1. The van der Waals surface area contributed by atoms with Crippen LogP contribution in [0.3, 0.4) is 0 Å². The fourth-order valence-electron chi connectivity index (χ4n) is 3.36. The van der Waals surface area contributed by atoms with Gasteiger partial charge in [0.2, 0.25) is 5.91 Å². The van der Waals surface area contributed by atoms with Gasteiger partial charge in [0, 0.05) is 6.92 Å². The molecule has 180 valence electrons. The molecule has 10 atom stereocenters. The van der Waals surface area contributed by atoms with Crippen molar-refractivity contribution in [2.75, 3.05) is 6.61 Å². The van der Waals surface area contributed by atoms with Crippen LogP contribution in [-0.2, 0) is 56.0 Å². The summed E-state index contributed by atoms with van der Waals surface area (Å²) in [5, 5.41) is 61.6. The summed E-state index contributed by atoms with van der Waals surface area (Å²) >= 11 is 4.05. The number of hydrogen-bond donors (Lipinski definition) is 5. The zero-order valence-electron chi connectivity index (χ0n) is 18.3. The SMILES string of the molecule is CC(=O)NC1[C@H](C)OC(CO)[C@H](OOOO[S-])[C@@H]1O[C@@H]1OC(C(=O)[O-])[C@H](O)[C@H](O)C1O.[Na+].[Na+]. The van der Waals surface area contributed by atoms with Crippen molar-refractivity contribution in [2.24, 2.45) is 0 Å². The molecule has 5 N–H and O–H groups in total. The number of aliphatic hydroxyl groups excluding tert-OH is 4. The number of hydrogen-bond acceptors (Lipinski definition) is 15. The van der Waals surface area contributed by atoms with E-state index >= 15 is 0 Å². The first-order chi connectivity index (χ1) is 14.6. The summed E-state index contributed by atoms with van der Waals surface area (Å²) in [6.45, 7) is 2.09. The minimum Gasteiger partial charge on any atom is -0.579 e. The van der Waals surface area contributed by atoms with E-state index in [-0.39, 0.29) is 59.1 Å². The van der Waals surface area contributed by atoms with Gasteiger partial charge >= 0.3 is 59.1 Å². The Morgan fingerprint density at radius 1 is 1.06 bits per heavy atom. The molecule has 2 aliphatic heterocycles. The van der Waals surface area contributed by atoms with Gasteiger partial charge in [-0.25, -0.2) is 0 Å². The zero-order chi connectivity index (χ0) is 23.3. The van der Waals surface area contributed by atoms with Crippen molar-refractivity contribution in [2.45, 2.75) is 75.0 Å². The predicted molar refractivity (Wildman–Crippen MR) is 91.1 cm³/mol. The number of carbonyl (C=O) groups is 2. The van der Waals surface area contributed by atoms with Gasteiger partial charge in [0.1, 0.15) is 36.6 Å². The maximum Gasteiger partial charge on any atom is 1.00 e. The van der Waals surface area contributed by atoms with E-state index in [0.29, 0.717) is 0 Å². The number of rotatable bonds is 9. The molecular weight excluding hydrogens is 496 g/mol. The van der Waals surface area contributed by atoms with Crippen LogP contribution in [0.2, 0.25) is 0 Å². The molecular formula is C15H23NNa2O14S. The van der Waals surface area contributed by atoms with Gasteiger partial charge < -0.3 is 67.1 Å². The second-order valence-corrected chi connectivity index (χ2v) is 7.01. The molecule has 2 fully saturated rings. The number of aliphatic hydroxyl groups is 4. The quantitative estimate of drug-likeness (QED) is 0.0629. The zero-order valence-corrected chi connectivity index (χ0v) is 23.1. The summed E-state index contributed by atoms with van der Waals surface area (Å²) in [6.07, 6.45) is -14.4. The number of ether oxygens (including phenoxy) is 3. The van der Waals surface area contributed by atoms with Crippen molar-refractivity contribution in [1.29, 1.82) is 0 Å². The molecule has 2 aliphatic rings. The van der Waals surface area contributed by atoms with E-state index in [1.54, 1.807) is 0 Å². The Morgan fingerprint density at radius 2 is 1.70 bits per heavy atom. The number of carboxylic acid groups (broad SMARTS) is 1. The molecule has 0 bridgehead atoms. The average Bonchev–Trinajstić information content (AvgIpc) is 2.71. The Labute approximate surface area is 237 Å². The van der Waals surface area contributed by atoms with Gasteiger partial charge in [-0.2, -0.15) is 4.89 Å². The largest absolute Gasteiger partial charge is 1.00 e. The Morgan fingerprint density at radius 3 is 2.21 bits per heavy atom. The fraction of sp³-hybridized carbons (Fsp3) is 0.867. The van der Waals surface area contributed by atoms with Crippen LogP contribution in [0.5, 0.6) is 0 Å². The van der Waals surface area contributed by atoms with E-state index in [2.05, 4.69) is 32.6 Å². The number of amides is 1. The Balaban J connectivity index is 0.00000512. The normalized spacial score (nSPS) is 38.5. The molecule has 0 aromatic heterocycles. The smallest absolute Gasteiger partial charge is 0.579 e. The molecule has 0 saturated carbocycles. The standard InChI is InChI=1S/C15H25NO14S.2Na/c1-4-7(16-5(2)18)12(11(6(3-17)24-4)27-28-29-30-31)25-15-10(21)8(19)9(20)13(26-15)14(22)23;;/h4,6-13,15,17,19-21,31H,3H2,1-2H3,(H,16,18)(H,22,23);;/q;2*+1/p-2/t4-,6?,7?,8-,9+,10?,11-,12+,13?,15+;;/m0../s1. The van der Waals surface area contributed by atoms with Crippen molar-refractivity contribution < 1.29 is 128 Å². The van der Waals surface area contributed by atoms with Crippen molar-refractivity contribution in [3.8, 4) is 0 Å².